The third-order valence-electron chi connectivity index (χ3n) is 1.88. The van der Waals surface area contributed by atoms with Gasteiger partial charge < -0.3 is 10.8 Å². The van der Waals surface area contributed by atoms with Gasteiger partial charge in [-0.2, -0.15) is 0 Å². The van der Waals surface area contributed by atoms with Crippen LogP contribution in [0.1, 0.15) is 21.5 Å². The highest BCUT2D eigenvalue weighted by atomic mass is 16.3. The van der Waals surface area contributed by atoms with Crippen LogP contribution in [-0.2, 0) is 0 Å². The molecule has 3 N–H and O–H groups in total. The first-order chi connectivity index (χ1) is 5.52. The van der Waals surface area contributed by atoms with Gasteiger partial charge in [-0.1, -0.05) is 0 Å². The van der Waals surface area contributed by atoms with E-state index >= 15 is 0 Å². The Morgan fingerprint density at radius 2 is 1.83 bits per heavy atom. The molecule has 0 spiro atoms. The van der Waals surface area contributed by atoms with Crippen molar-refractivity contribution in [2.24, 2.45) is 5.73 Å². The smallest absolute Gasteiger partial charge is 0.252 e. The molecule has 0 unspecified atom stereocenters. The van der Waals surface area contributed by atoms with E-state index in [0.717, 1.165) is 11.1 Å². The van der Waals surface area contributed by atoms with Crippen molar-refractivity contribution in [2.45, 2.75) is 13.8 Å². The lowest BCUT2D eigenvalue weighted by Gasteiger charge is -2.04. The normalized spacial score (nSPS) is 9.83. The maximum atomic E-state index is 10.7. The fourth-order valence-corrected chi connectivity index (χ4v) is 0.998. The predicted octanol–water partition coefficient (Wildman–Crippen LogP) is 1.11. The van der Waals surface area contributed by atoms with E-state index in [1.807, 2.05) is 13.8 Å². The van der Waals surface area contributed by atoms with Crippen LogP contribution in [0.3, 0.4) is 0 Å². The molecular weight excluding hydrogens is 154 g/mol. The number of hydrogen-bond donors (Lipinski definition) is 2. The first-order valence-corrected chi connectivity index (χ1v) is 3.62. The minimum atomic E-state index is -0.601. The fraction of sp³-hybridized carbons (Fsp3) is 0.222. The number of primary amides is 1. The number of carbonyl (C=O) groups excluding carboxylic acids is 1. The lowest BCUT2D eigenvalue weighted by Crippen LogP contribution is -2.11. The molecule has 0 aliphatic carbocycles. The number of nitrogens with two attached hydrogens (primary N) is 1. The van der Waals surface area contributed by atoms with Crippen molar-refractivity contribution in [2.75, 3.05) is 0 Å². The van der Waals surface area contributed by atoms with E-state index < -0.39 is 5.91 Å². The highest BCUT2D eigenvalue weighted by Crippen LogP contribution is 2.20. The summed E-state index contributed by atoms with van der Waals surface area (Å²) in [6, 6.07) is 3.13. The van der Waals surface area contributed by atoms with E-state index in [-0.39, 0.29) is 11.3 Å². The highest BCUT2D eigenvalue weighted by Gasteiger charge is 2.08. The van der Waals surface area contributed by atoms with Crippen LogP contribution in [0.15, 0.2) is 12.1 Å². The van der Waals surface area contributed by atoms with Crippen LogP contribution in [0.2, 0.25) is 0 Å². The van der Waals surface area contributed by atoms with Crippen molar-refractivity contribution in [3.63, 3.8) is 0 Å². The first kappa shape index (κ1) is 8.59. The predicted molar refractivity (Wildman–Crippen MR) is 46.1 cm³/mol. The largest absolute Gasteiger partial charge is 0.507 e. The van der Waals surface area contributed by atoms with E-state index in [4.69, 9.17) is 5.73 Å². The summed E-state index contributed by atoms with van der Waals surface area (Å²) in [4.78, 5) is 10.7. The summed E-state index contributed by atoms with van der Waals surface area (Å²) >= 11 is 0. The molecule has 0 saturated heterocycles. The molecular formula is C9H11NO2. The van der Waals surface area contributed by atoms with Gasteiger partial charge in [0.25, 0.3) is 5.91 Å². The zero-order chi connectivity index (χ0) is 9.30. The van der Waals surface area contributed by atoms with Gasteiger partial charge in [0.05, 0.1) is 5.56 Å². The van der Waals surface area contributed by atoms with Gasteiger partial charge >= 0.3 is 0 Å². The second-order valence-corrected chi connectivity index (χ2v) is 2.82. The molecule has 3 nitrogen and oxygen atoms in total. The molecule has 0 aliphatic heterocycles. The summed E-state index contributed by atoms with van der Waals surface area (Å²) in [5.41, 5.74) is 7.10. The molecule has 64 valence electrons. The van der Waals surface area contributed by atoms with Crippen molar-refractivity contribution < 1.29 is 9.90 Å². The average molecular weight is 165 g/mol. The Balaban J connectivity index is 3.33. The van der Waals surface area contributed by atoms with Crippen LogP contribution >= 0.6 is 0 Å². The standard InChI is InChI=1S/C9H11NO2/c1-5-3-7(9(10)12)8(11)4-6(5)2/h3-4,11H,1-2H3,(H2,10,12). The van der Waals surface area contributed by atoms with Gasteiger partial charge in [0.15, 0.2) is 0 Å². The fourth-order valence-electron chi connectivity index (χ4n) is 0.998. The van der Waals surface area contributed by atoms with Crippen molar-refractivity contribution in [1.29, 1.82) is 0 Å². The van der Waals surface area contributed by atoms with Gasteiger partial charge in [-0.05, 0) is 37.1 Å². The SMILES string of the molecule is Cc1cc(O)c(C(N)=O)cc1C. The minimum Gasteiger partial charge on any atom is -0.507 e. The quantitative estimate of drug-likeness (QED) is 0.654. The number of aryl methyl sites for hydroxylation is 2. The Hall–Kier alpha value is -1.51. The summed E-state index contributed by atoms with van der Waals surface area (Å²) in [6.07, 6.45) is 0. The number of benzene rings is 1. The topological polar surface area (TPSA) is 63.3 Å². The third-order valence-corrected chi connectivity index (χ3v) is 1.88. The summed E-state index contributed by atoms with van der Waals surface area (Å²) < 4.78 is 0. The molecule has 12 heavy (non-hydrogen) atoms. The number of aromatic hydroxyl groups is 1. The van der Waals surface area contributed by atoms with Gasteiger partial charge in [0.1, 0.15) is 5.75 Å². The molecule has 1 aromatic carbocycles. The van der Waals surface area contributed by atoms with Crippen molar-refractivity contribution >= 4 is 5.91 Å². The Kier molecular flexibility index (Phi) is 2.04. The average Bonchev–Trinajstić information content (AvgIpc) is 1.96. The van der Waals surface area contributed by atoms with E-state index in [2.05, 4.69) is 0 Å². The summed E-state index contributed by atoms with van der Waals surface area (Å²) in [6.45, 7) is 3.72. The Bertz CT molecular complexity index is 332. The van der Waals surface area contributed by atoms with Crippen molar-refractivity contribution in [1.82, 2.24) is 0 Å². The van der Waals surface area contributed by atoms with Gasteiger partial charge in [-0.15, -0.1) is 0 Å². The van der Waals surface area contributed by atoms with E-state index in [0.29, 0.717) is 0 Å². The van der Waals surface area contributed by atoms with Crippen LogP contribution in [0.5, 0.6) is 5.75 Å². The van der Waals surface area contributed by atoms with Crippen LogP contribution in [0, 0.1) is 13.8 Å². The molecule has 0 heterocycles. The number of amides is 1. The molecule has 0 radical (unpaired) electrons. The van der Waals surface area contributed by atoms with Gasteiger partial charge in [0, 0.05) is 0 Å². The number of phenols is 1. The lowest BCUT2D eigenvalue weighted by atomic mass is 10.0. The van der Waals surface area contributed by atoms with E-state index in [9.17, 15) is 9.90 Å². The summed E-state index contributed by atoms with van der Waals surface area (Å²) in [5, 5.41) is 9.29. The molecule has 1 amide bonds. The second-order valence-electron chi connectivity index (χ2n) is 2.82. The van der Waals surface area contributed by atoms with Gasteiger partial charge in [0.2, 0.25) is 0 Å². The lowest BCUT2D eigenvalue weighted by molar-refractivity contribution is 0.0997. The van der Waals surface area contributed by atoms with Gasteiger partial charge in [-0.3, -0.25) is 4.79 Å². The van der Waals surface area contributed by atoms with Crippen LogP contribution < -0.4 is 5.73 Å². The molecule has 3 heteroatoms. The first-order valence-electron chi connectivity index (χ1n) is 3.62. The Morgan fingerprint density at radius 3 is 2.33 bits per heavy atom. The molecule has 0 fully saturated rings. The monoisotopic (exact) mass is 165 g/mol. The Labute approximate surface area is 70.8 Å². The number of rotatable bonds is 1. The maximum Gasteiger partial charge on any atom is 0.252 e. The maximum absolute atomic E-state index is 10.7. The Morgan fingerprint density at radius 1 is 1.33 bits per heavy atom. The van der Waals surface area contributed by atoms with Crippen LogP contribution in [0.25, 0.3) is 0 Å². The van der Waals surface area contributed by atoms with Crippen LogP contribution in [-0.4, -0.2) is 11.0 Å². The zero-order valence-electron chi connectivity index (χ0n) is 7.09. The molecule has 0 aromatic heterocycles. The van der Waals surface area contributed by atoms with E-state index in [1.54, 1.807) is 6.07 Å². The third kappa shape index (κ3) is 1.39. The zero-order valence-corrected chi connectivity index (χ0v) is 7.09. The van der Waals surface area contributed by atoms with Crippen LogP contribution in [0.4, 0.5) is 0 Å². The van der Waals surface area contributed by atoms with Crippen molar-refractivity contribution in [3.05, 3.63) is 28.8 Å². The summed E-state index contributed by atoms with van der Waals surface area (Å²) in [5.74, 6) is -0.652. The molecule has 0 saturated carbocycles. The minimum absolute atomic E-state index is 0.0504. The highest BCUT2D eigenvalue weighted by molar-refractivity contribution is 5.95. The molecule has 0 bridgehead atoms. The number of carbonyl (C=O) groups is 1. The molecule has 0 aliphatic rings. The molecule has 1 aromatic rings. The number of hydrogen-bond acceptors (Lipinski definition) is 2. The summed E-state index contributed by atoms with van der Waals surface area (Å²) in [7, 11) is 0. The second kappa shape index (κ2) is 2.85. The van der Waals surface area contributed by atoms with Crippen molar-refractivity contribution in [3.8, 4) is 5.75 Å². The molecule has 1 rings (SSSR count). The van der Waals surface area contributed by atoms with Gasteiger partial charge in [-0.25, -0.2) is 0 Å². The van der Waals surface area contributed by atoms with E-state index in [1.165, 1.54) is 6.07 Å². The molecule has 0 atom stereocenters.